The van der Waals surface area contributed by atoms with E-state index in [1.807, 2.05) is 18.4 Å². The summed E-state index contributed by atoms with van der Waals surface area (Å²) in [4.78, 5) is 1.34. The molecule has 1 unspecified atom stereocenters. The van der Waals surface area contributed by atoms with Crippen molar-refractivity contribution in [3.05, 3.63) is 45.2 Å². The molecule has 3 heteroatoms. The van der Waals surface area contributed by atoms with Crippen molar-refractivity contribution in [1.82, 2.24) is 5.32 Å². The Kier molecular flexibility index (Phi) is 4.60. The molecule has 1 nitrogen and oxygen atoms in total. The fraction of sp³-hybridized carbons (Fsp3) is 0.333. The number of hydrogen-bond donors (Lipinski definition) is 1. The van der Waals surface area contributed by atoms with Crippen LogP contribution in [0, 0.1) is 6.92 Å². The van der Waals surface area contributed by atoms with Gasteiger partial charge in [0.25, 0.3) is 0 Å². The van der Waals surface area contributed by atoms with Crippen LogP contribution in [0.3, 0.4) is 0 Å². The Labute approximate surface area is 121 Å². The average molecular weight is 324 g/mol. The van der Waals surface area contributed by atoms with E-state index in [1.165, 1.54) is 26.0 Å². The molecule has 2 aromatic rings. The lowest BCUT2D eigenvalue weighted by atomic mass is 10.0. The van der Waals surface area contributed by atoms with Crippen molar-refractivity contribution >= 4 is 27.3 Å². The number of thiophene rings is 1. The summed E-state index contributed by atoms with van der Waals surface area (Å²) < 4.78 is 1.18. The van der Waals surface area contributed by atoms with E-state index < -0.39 is 0 Å². The maximum absolute atomic E-state index is 3.60. The van der Waals surface area contributed by atoms with Gasteiger partial charge in [0.15, 0.2) is 0 Å². The number of benzene rings is 1. The molecular formula is C15H18BrNS. The van der Waals surface area contributed by atoms with Crippen molar-refractivity contribution in [2.75, 3.05) is 13.6 Å². The SMILES string of the molecule is CNCC(C)c1csc(-c2ccc(C)c(Br)c2)c1. The maximum Gasteiger partial charge on any atom is 0.0346 e. The second kappa shape index (κ2) is 6.00. The number of halogens is 1. The lowest BCUT2D eigenvalue weighted by molar-refractivity contribution is 0.680. The predicted octanol–water partition coefficient (Wildman–Crippen LogP) is 4.81. The molecule has 1 aromatic carbocycles. The van der Waals surface area contributed by atoms with Gasteiger partial charge >= 0.3 is 0 Å². The lowest BCUT2D eigenvalue weighted by Crippen LogP contribution is -2.14. The summed E-state index contributed by atoms with van der Waals surface area (Å²) in [6.07, 6.45) is 0. The predicted molar refractivity (Wildman–Crippen MR) is 84.5 cm³/mol. The zero-order valence-electron chi connectivity index (χ0n) is 11.0. The molecule has 2 rings (SSSR count). The molecule has 0 amide bonds. The number of rotatable bonds is 4. The third kappa shape index (κ3) is 3.02. The third-order valence-corrected chi connectivity index (χ3v) is 5.01. The topological polar surface area (TPSA) is 12.0 Å². The van der Waals surface area contributed by atoms with Gasteiger partial charge in [-0.15, -0.1) is 11.3 Å². The highest BCUT2D eigenvalue weighted by Crippen LogP contribution is 2.32. The fourth-order valence-corrected chi connectivity index (χ4v) is 3.34. The van der Waals surface area contributed by atoms with Crippen LogP contribution in [0.4, 0.5) is 0 Å². The summed E-state index contributed by atoms with van der Waals surface area (Å²) in [5.41, 5.74) is 3.99. The molecule has 18 heavy (non-hydrogen) atoms. The summed E-state index contributed by atoms with van der Waals surface area (Å²) in [5, 5.41) is 5.50. The first-order valence-corrected chi connectivity index (χ1v) is 7.78. The highest BCUT2D eigenvalue weighted by atomic mass is 79.9. The van der Waals surface area contributed by atoms with E-state index in [-0.39, 0.29) is 0 Å². The van der Waals surface area contributed by atoms with Gasteiger partial charge in [0, 0.05) is 15.9 Å². The van der Waals surface area contributed by atoms with E-state index in [2.05, 4.69) is 64.7 Å². The van der Waals surface area contributed by atoms with Crippen LogP contribution < -0.4 is 5.32 Å². The van der Waals surface area contributed by atoms with Crippen LogP contribution in [0.2, 0.25) is 0 Å². The second-order valence-electron chi connectivity index (χ2n) is 4.67. The van der Waals surface area contributed by atoms with Gasteiger partial charge in [-0.05, 0) is 54.1 Å². The van der Waals surface area contributed by atoms with Crippen molar-refractivity contribution in [2.45, 2.75) is 19.8 Å². The molecular weight excluding hydrogens is 306 g/mol. The summed E-state index contributed by atoms with van der Waals surface area (Å²) in [7, 11) is 2.00. The van der Waals surface area contributed by atoms with E-state index in [1.54, 1.807) is 0 Å². The molecule has 0 radical (unpaired) electrons. The summed E-state index contributed by atoms with van der Waals surface area (Å²) >= 11 is 5.42. The van der Waals surface area contributed by atoms with Gasteiger partial charge < -0.3 is 5.32 Å². The van der Waals surface area contributed by atoms with Gasteiger partial charge in [0.2, 0.25) is 0 Å². The van der Waals surface area contributed by atoms with Gasteiger partial charge in [0.1, 0.15) is 0 Å². The van der Waals surface area contributed by atoms with Gasteiger partial charge in [-0.25, -0.2) is 0 Å². The molecule has 0 bridgehead atoms. The van der Waals surface area contributed by atoms with Gasteiger partial charge in [-0.3, -0.25) is 0 Å². The highest BCUT2D eigenvalue weighted by molar-refractivity contribution is 9.10. The normalized spacial score (nSPS) is 12.7. The van der Waals surface area contributed by atoms with E-state index in [0.29, 0.717) is 5.92 Å². The van der Waals surface area contributed by atoms with Crippen molar-refractivity contribution < 1.29 is 0 Å². The zero-order chi connectivity index (χ0) is 13.1. The Bertz CT molecular complexity index is 533. The van der Waals surface area contributed by atoms with E-state index >= 15 is 0 Å². The maximum atomic E-state index is 3.60. The second-order valence-corrected chi connectivity index (χ2v) is 6.43. The van der Waals surface area contributed by atoms with E-state index in [9.17, 15) is 0 Å². The molecule has 0 saturated heterocycles. The quantitative estimate of drug-likeness (QED) is 0.851. The Morgan fingerprint density at radius 2 is 2.11 bits per heavy atom. The Morgan fingerprint density at radius 1 is 1.33 bits per heavy atom. The molecule has 1 aromatic heterocycles. The van der Waals surface area contributed by atoms with Crippen molar-refractivity contribution in [2.24, 2.45) is 0 Å². The van der Waals surface area contributed by atoms with Crippen LogP contribution in [0.25, 0.3) is 10.4 Å². The molecule has 0 aliphatic heterocycles. The summed E-state index contributed by atoms with van der Waals surface area (Å²) in [6.45, 7) is 5.39. The minimum absolute atomic E-state index is 0.564. The standard InChI is InChI=1S/C15H18BrNS/c1-10-4-5-12(6-14(10)16)15-7-13(9-18-15)11(2)8-17-3/h4-7,9,11,17H,8H2,1-3H3. The van der Waals surface area contributed by atoms with Crippen molar-refractivity contribution in [3.8, 4) is 10.4 Å². The van der Waals surface area contributed by atoms with Gasteiger partial charge in [-0.2, -0.15) is 0 Å². The molecule has 0 aliphatic rings. The van der Waals surface area contributed by atoms with Crippen molar-refractivity contribution in [1.29, 1.82) is 0 Å². The largest absolute Gasteiger partial charge is 0.319 e. The third-order valence-electron chi connectivity index (χ3n) is 3.16. The molecule has 96 valence electrons. The minimum Gasteiger partial charge on any atom is -0.319 e. The first kappa shape index (κ1) is 13.8. The monoisotopic (exact) mass is 323 g/mol. The van der Waals surface area contributed by atoms with Crippen molar-refractivity contribution in [3.63, 3.8) is 0 Å². The number of likely N-dealkylation sites (N-methyl/N-ethyl adjacent to an activating group) is 1. The molecule has 0 aliphatic carbocycles. The lowest BCUT2D eigenvalue weighted by Gasteiger charge is -2.07. The first-order valence-electron chi connectivity index (χ1n) is 6.11. The summed E-state index contributed by atoms with van der Waals surface area (Å²) in [6, 6.07) is 8.87. The highest BCUT2D eigenvalue weighted by Gasteiger charge is 2.09. The Balaban J connectivity index is 2.26. The zero-order valence-corrected chi connectivity index (χ0v) is 13.4. The van der Waals surface area contributed by atoms with Gasteiger partial charge in [0.05, 0.1) is 0 Å². The van der Waals surface area contributed by atoms with Crippen LogP contribution in [0.1, 0.15) is 24.0 Å². The van der Waals surface area contributed by atoms with Crippen LogP contribution in [0.15, 0.2) is 34.1 Å². The molecule has 1 N–H and O–H groups in total. The molecule has 1 atom stereocenters. The van der Waals surface area contributed by atoms with Crippen LogP contribution in [-0.4, -0.2) is 13.6 Å². The van der Waals surface area contributed by atoms with Crippen LogP contribution >= 0.6 is 27.3 Å². The number of hydrogen-bond acceptors (Lipinski definition) is 2. The van der Waals surface area contributed by atoms with Crippen LogP contribution in [0.5, 0.6) is 0 Å². The van der Waals surface area contributed by atoms with E-state index in [4.69, 9.17) is 0 Å². The fourth-order valence-electron chi connectivity index (χ4n) is 1.93. The molecule has 0 fully saturated rings. The number of nitrogens with one attached hydrogen (secondary N) is 1. The number of aryl methyl sites for hydroxylation is 1. The van der Waals surface area contributed by atoms with Gasteiger partial charge in [-0.1, -0.05) is 35.0 Å². The van der Waals surface area contributed by atoms with E-state index in [0.717, 1.165) is 6.54 Å². The Morgan fingerprint density at radius 3 is 2.78 bits per heavy atom. The smallest absolute Gasteiger partial charge is 0.0346 e. The summed E-state index contributed by atoms with van der Waals surface area (Å²) in [5.74, 6) is 0.564. The Hall–Kier alpha value is -0.640. The minimum atomic E-state index is 0.564. The molecule has 0 saturated carbocycles. The molecule has 1 heterocycles. The van der Waals surface area contributed by atoms with Crippen LogP contribution in [-0.2, 0) is 0 Å². The first-order chi connectivity index (χ1) is 8.61. The molecule has 0 spiro atoms. The average Bonchev–Trinajstić information content (AvgIpc) is 2.82.